The Morgan fingerprint density at radius 1 is 1.05 bits per heavy atom. The summed E-state index contributed by atoms with van der Waals surface area (Å²) in [5.74, 6) is 0.872. The monoisotopic (exact) mass is 270 g/mol. The Hall–Kier alpha value is -2.00. The molecule has 0 aliphatic heterocycles. The van der Waals surface area contributed by atoms with Crippen molar-refractivity contribution in [1.29, 1.82) is 0 Å². The molecule has 0 atom stereocenters. The van der Waals surface area contributed by atoms with E-state index in [1.54, 1.807) is 7.11 Å². The highest BCUT2D eigenvalue weighted by Gasteiger charge is 2.06. The third kappa shape index (κ3) is 3.11. The van der Waals surface area contributed by atoms with E-state index in [1.807, 2.05) is 12.1 Å². The molecule has 0 aliphatic carbocycles. The van der Waals surface area contributed by atoms with E-state index >= 15 is 0 Å². The second-order valence-electron chi connectivity index (χ2n) is 4.91. The molecule has 0 bridgehead atoms. The van der Waals surface area contributed by atoms with E-state index in [2.05, 4.69) is 49.2 Å². The molecule has 0 heterocycles. The highest BCUT2D eigenvalue weighted by molar-refractivity contribution is 5.64. The van der Waals surface area contributed by atoms with Crippen LogP contribution in [0.3, 0.4) is 0 Å². The predicted molar refractivity (Wildman–Crippen MR) is 85.0 cm³/mol. The zero-order valence-corrected chi connectivity index (χ0v) is 12.4. The van der Waals surface area contributed by atoms with Crippen LogP contribution in [0.2, 0.25) is 0 Å². The Bertz CT molecular complexity index is 564. The fourth-order valence-corrected chi connectivity index (χ4v) is 2.28. The molecule has 2 rings (SSSR count). The van der Waals surface area contributed by atoms with E-state index in [0.29, 0.717) is 6.54 Å². The number of anilines is 2. The van der Waals surface area contributed by atoms with Gasteiger partial charge in [0.05, 0.1) is 7.11 Å². The molecule has 0 amide bonds. The van der Waals surface area contributed by atoms with Gasteiger partial charge in [0.2, 0.25) is 0 Å². The number of nitrogens with two attached hydrogens (primary N) is 1. The van der Waals surface area contributed by atoms with Crippen molar-refractivity contribution < 1.29 is 4.74 Å². The van der Waals surface area contributed by atoms with Gasteiger partial charge in [-0.25, -0.2) is 0 Å². The van der Waals surface area contributed by atoms with E-state index in [1.165, 1.54) is 16.8 Å². The number of ether oxygens (including phenoxy) is 1. The van der Waals surface area contributed by atoms with E-state index in [0.717, 1.165) is 17.9 Å². The summed E-state index contributed by atoms with van der Waals surface area (Å²) in [5, 5.41) is 0. The lowest BCUT2D eigenvalue weighted by atomic mass is 10.0. The standard InChI is InChI=1S/C17H22N2O/c1-13-12-16(5-4-14(13)10-11-18)19(2)15-6-8-17(20-3)9-7-15/h4-9,12H,10-11,18H2,1-3H3. The molecule has 0 saturated carbocycles. The highest BCUT2D eigenvalue weighted by atomic mass is 16.5. The van der Waals surface area contributed by atoms with E-state index in [4.69, 9.17) is 10.5 Å². The first-order valence-electron chi connectivity index (χ1n) is 6.83. The first kappa shape index (κ1) is 14.4. The van der Waals surface area contributed by atoms with Crippen molar-refractivity contribution in [2.75, 3.05) is 25.6 Å². The third-order valence-corrected chi connectivity index (χ3v) is 3.59. The van der Waals surface area contributed by atoms with Gasteiger partial charge in [0.1, 0.15) is 5.75 Å². The lowest BCUT2D eigenvalue weighted by molar-refractivity contribution is 0.415. The summed E-state index contributed by atoms with van der Waals surface area (Å²) in [4.78, 5) is 2.17. The summed E-state index contributed by atoms with van der Waals surface area (Å²) in [6.07, 6.45) is 0.929. The Morgan fingerprint density at radius 2 is 1.70 bits per heavy atom. The number of nitrogens with zero attached hydrogens (tertiary/aromatic N) is 1. The summed E-state index contributed by atoms with van der Waals surface area (Å²) < 4.78 is 5.19. The number of hydrogen-bond donors (Lipinski definition) is 1. The minimum atomic E-state index is 0.689. The molecular formula is C17H22N2O. The Labute approximate surface area is 121 Å². The molecule has 0 unspecified atom stereocenters. The van der Waals surface area contributed by atoms with Crippen LogP contribution in [-0.4, -0.2) is 20.7 Å². The average molecular weight is 270 g/mol. The highest BCUT2D eigenvalue weighted by Crippen LogP contribution is 2.27. The van der Waals surface area contributed by atoms with E-state index in [-0.39, 0.29) is 0 Å². The average Bonchev–Trinajstić information content (AvgIpc) is 2.49. The molecule has 3 heteroatoms. The van der Waals surface area contributed by atoms with Crippen LogP contribution in [0.5, 0.6) is 5.75 Å². The summed E-state index contributed by atoms with van der Waals surface area (Å²) >= 11 is 0. The van der Waals surface area contributed by atoms with Crippen molar-refractivity contribution >= 4 is 11.4 Å². The molecule has 2 aromatic rings. The minimum Gasteiger partial charge on any atom is -0.497 e. The van der Waals surface area contributed by atoms with Crippen LogP contribution in [0.1, 0.15) is 11.1 Å². The van der Waals surface area contributed by atoms with Crippen molar-refractivity contribution in [3.63, 3.8) is 0 Å². The fourth-order valence-electron chi connectivity index (χ4n) is 2.28. The smallest absolute Gasteiger partial charge is 0.119 e. The van der Waals surface area contributed by atoms with E-state index in [9.17, 15) is 0 Å². The zero-order valence-electron chi connectivity index (χ0n) is 12.4. The van der Waals surface area contributed by atoms with Crippen molar-refractivity contribution in [2.45, 2.75) is 13.3 Å². The van der Waals surface area contributed by atoms with Gasteiger partial charge in [0.15, 0.2) is 0 Å². The molecule has 0 radical (unpaired) electrons. The van der Waals surface area contributed by atoms with Crippen LogP contribution in [0, 0.1) is 6.92 Å². The molecule has 3 nitrogen and oxygen atoms in total. The maximum Gasteiger partial charge on any atom is 0.119 e. The second kappa shape index (κ2) is 6.44. The van der Waals surface area contributed by atoms with Crippen molar-refractivity contribution in [1.82, 2.24) is 0 Å². The van der Waals surface area contributed by atoms with Crippen LogP contribution in [-0.2, 0) is 6.42 Å². The molecule has 0 aromatic heterocycles. The number of hydrogen-bond acceptors (Lipinski definition) is 3. The van der Waals surface area contributed by atoms with Crippen molar-refractivity contribution in [2.24, 2.45) is 5.73 Å². The van der Waals surface area contributed by atoms with Crippen LogP contribution in [0.15, 0.2) is 42.5 Å². The fraction of sp³-hybridized carbons (Fsp3) is 0.294. The van der Waals surface area contributed by atoms with Gasteiger partial charge in [-0.15, -0.1) is 0 Å². The number of aryl methyl sites for hydroxylation is 1. The van der Waals surface area contributed by atoms with Gasteiger partial charge in [0.25, 0.3) is 0 Å². The minimum absolute atomic E-state index is 0.689. The van der Waals surface area contributed by atoms with Crippen molar-refractivity contribution in [3.8, 4) is 5.75 Å². The third-order valence-electron chi connectivity index (χ3n) is 3.59. The summed E-state index contributed by atoms with van der Waals surface area (Å²) in [6.45, 7) is 2.82. The van der Waals surface area contributed by atoms with Crippen molar-refractivity contribution in [3.05, 3.63) is 53.6 Å². The molecule has 106 valence electrons. The Morgan fingerprint density at radius 3 is 2.25 bits per heavy atom. The SMILES string of the molecule is COc1ccc(N(C)c2ccc(CCN)c(C)c2)cc1. The van der Waals surface area contributed by atoms with Crippen LogP contribution in [0.25, 0.3) is 0 Å². The summed E-state index contributed by atoms with van der Waals surface area (Å²) in [6, 6.07) is 14.6. The van der Waals surface area contributed by atoms with Gasteiger partial charge in [0, 0.05) is 18.4 Å². The molecular weight excluding hydrogens is 248 g/mol. The molecule has 2 aromatic carbocycles. The van der Waals surface area contributed by atoms with Gasteiger partial charge in [-0.05, 0) is 67.4 Å². The molecule has 0 spiro atoms. The van der Waals surface area contributed by atoms with Gasteiger partial charge >= 0.3 is 0 Å². The van der Waals surface area contributed by atoms with E-state index < -0.39 is 0 Å². The maximum absolute atomic E-state index is 5.62. The van der Waals surface area contributed by atoms with Gasteiger partial charge in [-0.3, -0.25) is 0 Å². The van der Waals surface area contributed by atoms with Gasteiger partial charge in [-0.1, -0.05) is 6.07 Å². The maximum atomic E-state index is 5.62. The first-order valence-corrected chi connectivity index (χ1v) is 6.83. The normalized spacial score (nSPS) is 10.4. The number of benzene rings is 2. The zero-order chi connectivity index (χ0) is 14.5. The Balaban J connectivity index is 2.23. The second-order valence-corrected chi connectivity index (χ2v) is 4.91. The molecule has 0 aliphatic rings. The molecule has 20 heavy (non-hydrogen) atoms. The number of methoxy groups -OCH3 is 1. The summed E-state index contributed by atoms with van der Waals surface area (Å²) in [5.41, 5.74) is 10.5. The van der Waals surface area contributed by atoms with Gasteiger partial charge in [-0.2, -0.15) is 0 Å². The quantitative estimate of drug-likeness (QED) is 0.906. The van der Waals surface area contributed by atoms with Crippen LogP contribution < -0.4 is 15.4 Å². The molecule has 2 N–H and O–H groups in total. The van der Waals surface area contributed by atoms with Crippen LogP contribution >= 0.6 is 0 Å². The largest absolute Gasteiger partial charge is 0.497 e. The van der Waals surface area contributed by atoms with Crippen LogP contribution in [0.4, 0.5) is 11.4 Å². The van der Waals surface area contributed by atoms with Gasteiger partial charge < -0.3 is 15.4 Å². The molecule has 0 saturated heterocycles. The number of rotatable bonds is 5. The lowest BCUT2D eigenvalue weighted by Crippen LogP contribution is -2.10. The topological polar surface area (TPSA) is 38.5 Å². The summed E-state index contributed by atoms with van der Waals surface area (Å²) in [7, 11) is 3.75. The lowest BCUT2D eigenvalue weighted by Gasteiger charge is -2.21. The predicted octanol–water partition coefficient (Wildman–Crippen LogP) is 3.27. The first-order chi connectivity index (χ1) is 9.65. The molecule has 0 fully saturated rings. The Kier molecular flexibility index (Phi) is 4.64.